The summed E-state index contributed by atoms with van der Waals surface area (Å²) in [5.41, 5.74) is 5.82. The van der Waals surface area contributed by atoms with Crippen molar-refractivity contribution in [2.24, 2.45) is 0 Å². The number of hydrogen-bond acceptors (Lipinski definition) is 3. The minimum absolute atomic E-state index is 0.00241. The van der Waals surface area contributed by atoms with Gasteiger partial charge < -0.3 is 10.3 Å². The van der Waals surface area contributed by atoms with Gasteiger partial charge in [-0.25, -0.2) is 0 Å². The Bertz CT molecular complexity index is 1600. The maximum Gasteiger partial charge on any atom is 0.248 e. The standard InChI is InChI=1S/C35H33N3O3/c1-24-12-11-13-25(2)34(24)37-35(41)31(22-28-23-36-30-19-10-9-18-29(28)30)38(32(39)20-26-14-5-3-6-15-26)33(40)21-27-16-7-4-8-17-27/h3-19,23,31,36H,20-22H2,1-2H3,(H,37,41). The molecule has 3 amide bonds. The van der Waals surface area contributed by atoms with E-state index in [0.29, 0.717) is 5.69 Å². The van der Waals surface area contributed by atoms with Gasteiger partial charge >= 0.3 is 0 Å². The third-order valence-corrected chi connectivity index (χ3v) is 7.37. The van der Waals surface area contributed by atoms with Gasteiger partial charge in [-0.3, -0.25) is 19.3 Å². The van der Waals surface area contributed by atoms with Crippen molar-refractivity contribution in [2.45, 2.75) is 39.2 Å². The molecule has 6 heteroatoms. The van der Waals surface area contributed by atoms with Crippen molar-refractivity contribution in [3.8, 4) is 0 Å². The van der Waals surface area contributed by atoms with Gasteiger partial charge in [-0.05, 0) is 47.7 Å². The van der Waals surface area contributed by atoms with Crippen molar-refractivity contribution in [1.29, 1.82) is 0 Å². The molecule has 5 aromatic rings. The highest BCUT2D eigenvalue weighted by molar-refractivity contribution is 6.05. The monoisotopic (exact) mass is 543 g/mol. The van der Waals surface area contributed by atoms with Crippen LogP contribution < -0.4 is 5.32 Å². The molecule has 1 unspecified atom stereocenters. The van der Waals surface area contributed by atoms with Crippen LogP contribution in [0.1, 0.15) is 27.8 Å². The SMILES string of the molecule is Cc1cccc(C)c1NC(=O)C(Cc1c[nH]c2ccccc12)N(C(=O)Cc1ccccc1)C(=O)Cc1ccccc1. The van der Waals surface area contributed by atoms with Crippen molar-refractivity contribution in [1.82, 2.24) is 9.88 Å². The summed E-state index contributed by atoms with van der Waals surface area (Å²) in [4.78, 5) is 46.6. The second-order valence-corrected chi connectivity index (χ2v) is 10.3. The van der Waals surface area contributed by atoms with Crippen LogP contribution in [0.15, 0.2) is 109 Å². The second kappa shape index (κ2) is 12.5. The van der Waals surface area contributed by atoms with E-state index in [1.807, 2.05) is 123 Å². The van der Waals surface area contributed by atoms with Crippen molar-refractivity contribution in [2.75, 3.05) is 5.32 Å². The molecule has 206 valence electrons. The van der Waals surface area contributed by atoms with Crippen LogP contribution in [0.5, 0.6) is 0 Å². The third-order valence-electron chi connectivity index (χ3n) is 7.37. The number of amides is 3. The zero-order chi connectivity index (χ0) is 28.8. The molecule has 0 bridgehead atoms. The molecular weight excluding hydrogens is 510 g/mol. The summed E-state index contributed by atoms with van der Waals surface area (Å²) in [6, 6.07) is 31.1. The van der Waals surface area contributed by atoms with E-state index in [1.165, 1.54) is 4.90 Å². The van der Waals surface area contributed by atoms with E-state index in [0.717, 1.165) is 38.7 Å². The molecule has 4 aromatic carbocycles. The summed E-state index contributed by atoms with van der Waals surface area (Å²) in [5, 5.41) is 4.01. The zero-order valence-corrected chi connectivity index (χ0v) is 23.3. The molecule has 41 heavy (non-hydrogen) atoms. The lowest BCUT2D eigenvalue weighted by atomic mass is 10.00. The topological polar surface area (TPSA) is 82.3 Å². The van der Waals surface area contributed by atoms with Gasteiger partial charge in [-0.15, -0.1) is 0 Å². The predicted molar refractivity (Wildman–Crippen MR) is 162 cm³/mol. The van der Waals surface area contributed by atoms with Crippen molar-refractivity contribution in [3.63, 3.8) is 0 Å². The molecule has 1 heterocycles. The number of anilines is 1. The molecule has 1 atom stereocenters. The van der Waals surface area contributed by atoms with Gasteiger partial charge in [0, 0.05) is 29.2 Å². The summed E-state index contributed by atoms with van der Waals surface area (Å²) >= 11 is 0. The van der Waals surface area contributed by atoms with E-state index in [4.69, 9.17) is 0 Å². The smallest absolute Gasteiger partial charge is 0.248 e. The Hall–Kier alpha value is -4.97. The van der Waals surface area contributed by atoms with Crippen LogP contribution in [0.2, 0.25) is 0 Å². The quantitative estimate of drug-likeness (QED) is 0.233. The predicted octanol–water partition coefficient (Wildman–Crippen LogP) is 6.18. The van der Waals surface area contributed by atoms with Crippen molar-refractivity contribution < 1.29 is 14.4 Å². The third kappa shape index (κ3) is 6.44. The highest BCUT2D eigenvalue weighted by Crippen LogP contribution is 2.25. The van der Waals surface area contributed by atoms with E-state index in [2.05, 4.69) is 10.3 Å². The number of para-hydroxylation sites is 2. The van der Waals surface area contributed by atoms with Gasteiger partial charge in [-0.2, -0.15) is 0 Å². The Labute approximate surface area is 240 Å². The summed E-state index contributed by atoms with van der Waals surface area (Å²) in [6.07, 6.45) is 2.03. The first kappa shape index (κ1) is 27.6. The van der Waals surface area contributed by atoms with Crippen LogP contribution >= 0.6 is 0 Å². The van der Waals surface area contributed by atoms with Crippen LogP contribution in [-0.4, -0.2) is 33.6 Å². The minimum Gasteiger partial charge on any atom is -0.361 e. The fraction of sp³-hybridized carbons (Fsp3) is 0.171. The molecule has 0 spiro atoms. The van der Waals surface area contributed by atoms with E-state index >= 15 is 0 Å². The number of hydrogen-bond donors (Lipinski definition) is 2. The first-order valence-corrected chi connectivity index (χ1v) is 13.8. The van der Waals surface area contributed by atoms with Crippen LogP contribution in [-0.2, 0) is 33.6 Å². The fourth-order valence-electron chi connectivity index (χ4n) is 5.23. The summed E-state index contributed by atoms with van der Waals surface area (Å²) in [7, 11) is 0. The molecule has 0 fully saturated rings. The number of carbonyl (C=O) groups excluding carboxylic acids is 3. The number of H-pyrrole nitrogens is 1. The van der Waals surface area contributed by atoms with Crippen LogP contribution in [0.3, 0.4) is 0 Å². The molecule has 0 radical (unpaired) electrons. The number of aromatic amines is 1. The average molecular weight is 544 g/mol. The first-order chi connectivity index (χ1) is 19.9. The van der Waals surface area contributed by atoms with Gasteiger partial charge in [0.1, 0.15) is 6.04 Å². The van der Waals surface area contributed by atoms with Gasteiger partial charge in [0.15, 0.2) is 0 Å². The maximum atomic E-state index is 14.2. The van der Waals surface area contributed by atoms with Gasteiger partial charge in [-0.1, -0.05) is 97.1 Å². The number of carbonyl (C=O) groups is 3. The number of rotatable bonds is 9. The van der Waals surface area contributed by atoms with Crippen LogP contribution in [0.25, 0.3) is 10.9 Å². The molecule has 6 nitrogen and oxygen atoms in total. The lowest BCUT2D eigenvalue weighted by Crippen LogP contribution is -2.52. The lowest BCUT2D eigenvalue weighted by Gasteiger charge is -2.30. The van der Waals surface area contributed by atoms with Gasteiger partial charge in [0.2, 0.25) is 17.7 Å². The summed E-state index contributed by atoms with van der Waals surface area (Å²) in [5.74, 6) is -1.24. The van der Waals surface area contributed by atoms with Crippen LogP contribution in [0, 0.1) is 13.8 Å². The largest absolute Gasteiger partial charge is 0.361 e. The number of benzene rings is 4. The fourth-order valence-corrected chi connectivity index (χ4v) is 5.23. The number of nitrogens with one attached hydrogen (secondary N) is 2. The molecular formula is C35H33N3O3. The zero-order valence-electron chi connectivity index (χ0n) is 23.3. The Kier molecular flexibility index (Phi) is 8.39. The number of fused-ring (bicyclic) bond motifs is 1. The number of imide groups is 1. The molecule has 0 saturated carbocycles. The molecule has 0 aliphatic heterocycles. The number of aryl methyl sites for hydroxylation is 2. The number of aromatic nitrogens is 1. The van der Waals surface area contributed by atoms with E-state index in [-0.39, 0.29) is 19.3 Å². The lowest BCUT2D eigenvalue weighted by molar-refractivity contribution is -0.150. The highest BCUT2D eigenvalue weighted by Gasteiger charge is 2.35. The normalized spacial score (nSPS) is 11.7. The minimum atomic E-state index is -1.07. The summed E-state index contributed by atoms with van der Waals surface area (Å²) < 4.78 is 0. The number of nitrogens with zero attached hydrogens (tertiary/aromatic N) is 1. The Balaban J connectivity index is 1.56. The Morgan fingerprint density at radius 2 is 1.24 bits per heavy atom. The molecule has 0 saturated heterocycles. The molecule has 2 N–H and O–H groups in total. The molecule has 0 aliphatic carbocycles. The average Bonchev–Trinajstić information content (AvgIpc) is 3.38. The molecule has 5 rings (SSSR count). The Morgan fingerprint density at radius 3 is 1.83 bits per heavy atom. The molecule has 0 aliphatic rings. The van der Waals surface area contributed by atoms with Gasteiger partial charge in [0.05, 0.1) is 12.8 Å². The van der Waals surface area contributed by atoms with E-state index in [1.54, 1.807) is 0 Å². The van der Waals surface area contributed by atoms with E-state index < -0.39 is 23.8 Å². The molecule has 1 aromatic heterocycles. The highest BCUT2D eigenvalue weighted by atomic mass is 16.2. The maximum absolute atomic E-state index is 14.2. The Morgan fingerprint density at radius 1 is 0.707 bits per heavy atom. The first-order valence-electron chi connectivity index (χ1n) is 13.8. The van der Waals surface area contributed by atoms with Crippen molar-refractivity contribution in [3.05, 3.63) is 137 Å². The summed E-state index contributed by atoms with van der Waals surface area (Å²) in [6.45, 7) is 3.85. The van der Waals surface area contributed by atoms with Crippen molar-refractivity contribution >= 4 is 34.3 Å². The van der Waals surface area contributed by atoms with Gasteiger partial charge in [0.25, 0.3) is 0 Å². The van der Waals surface area contributed by atoms with E-state index in [9.17, 15) is 14.4 Å². The van der Waals surface area contributed by atoms with Crippen LogP contribution in [0.4, 0.5) is 5.69 Å². The second-order valence-electron chi connectivity index (χ2n) is 10.3.